The minimum Gasteiger partial charge on any atom is -0.381 e. The zero-order chi connectivity index (χ0) is 11.7. The molecule has 2 aliphatic rings. The maximum atomic E-state index is 6.04. The van der Waals surface area contributed by atoms with E-state index in [1.165, 1.54) is 25.7 Å². The molecular weight excluding hydrogens is 238 g/mol. The Morgan fingerprint density at radius 2 is 2.06 bits per heavy atom. The van der Waals surface area contributed by atoms with E-state index in [0.717, 1.165) is 37.9 Å². The van der Waals surface area contributed by atoms with Crippen LogP contribution in [0, 0.1) is 5.92 Å². The molecule has 0 unspecified atom stereocenters. The van der Waals surface area contributed by atoms with Crippen LogP contribution >= 0.6 is 11.6 Å². The van der Waals surface area contributed by atoms with E-state index in [-0.39, 0.29) is 0 Å². The molecule has 1 aromatic heterocycles. The lowest BCUT2D eigenvalue weighted by Gasteiger charge is -2.07. The third-order valence-corrected chi connectivity index (χ3v) is 3.68. The molecular formula is C12H18ClN3O. The van der Waals surface area contributed by atoms with E-state index in [4.69, 9.17) is 16.3 Å². The molecule has 17 heavy (non-hydrogen) atoms. The van der Waals surface area contributed by atoms with Gasteiger partial charge in [0.05, 0.1) is 0 Å². The highest BCUT2D eigenvalue weighted by Gasteiger charge is 2.29. The van der Waals surface area contributed by atoms with E-state index in [9.17, 15) is 0 Å². The zero-order valence-electron chi connectivity index (χ0n) is 9.94. The van der Waals surface area contributed by atoms with Crippen LogP contribution < -0.4 is 0 Å². The molecule has 0 amide bonds. The smallest absolute Gasteiger partial charge is 0.225 e. The van der Waals surface area contributed by atoms with Gasteiger partial charge in [0, 0.05) is 25.7 Å². The van der Waals surface area contributed by atoms with Gasteiger partial charge in [-0.25, -0.2) is 0 Å². The SMILES string of the molecule is Clc1nnc(C2CC2)n1CCCOCC1CC1. The summed E-state index contributed by atoms with van der Waals surface area (Å²) in [5.41, 5.74) is 0. The second-order valence-electron chi connectivity index (χ2n) is 5.12. The van der Waals surface area contributed by atoms with Crippen molar-refractivity contribution in [2.75, 3.05) is 13.2 Å². The summed E-state index contributed by atoms with van der Waals surface area (Å²) in [7, 11) is 0. The Bertz CT molecular complexity index is 385. The number of aromatic nitrogens is 3. The summed E-state index contributed by atoms with van der Waals surface area (Å²) in [6.45, 7) is 2.63. The van der Waals surface area contributed by atoms with E-state index >= 15 is 0 Å². The Morgan fingerprint density at radius 1 is 1.24 bits per heavy atom. The Hall–Kier alpha value is -0.610. The highest BCUT2D eigenvalue weighted by molar-refractivity contribution is 6.28. The second kappa shape index (κ2) is 4.94. The molecule has 2 saturated carbocycles. The van der Waals surface area contributed by atoms with Crippen molar-refractivity contribution in [2.45, 2.75) is 44.6 Å². The van der Waals surface area contributed by atoms with E-state index < -0.39 is 0 Å². The highest BCUT2D eigenvalue weighted by atomic mass is 35.5. The number of halogens is 1. The van der Waals surface area contributed by atoms with Gasteiger partial charge in [0.25, 0.3) is 0 Å². The molecule has 0 spiro atoms. The number of nitrogens with zero attached hydrogens (tertiary/aromatic N) is 3. The van der Waals surface area contributed by atoms with Crippen LogP contribution in [0.3, 0.4) is 0 Å². The summed E-state index contributed by atoms with van der Waals surface area (Å²) >= 11 is 6.04. The van der Waals surface area contributed by atoms with Gasteiger partial charge in [-0.15, -0.1) is 10.2 Å². The van der Waals surface area contributed by atoms with Gasteiger partial charge in [0.1, 0.15) is 5.82 Å². The second-order valence-corrected chi connectivity index (χ2v) is 5.46. The topological polar surface area (TPSA) is 39.9 Å². The van der Waals surface area contributed by atoms with Crippen molar-refractivity contribution >= 4 is 11.6 Å². The van der Waals surface area contributed by atoms with Crippen LogP contribution in [0.1, 0.15) is 43.8 Å². The quantitative estimate of drug-likeness (QED) is 0.703. The maximum absolute atomic E-state index is 6.04. The maximum Gasteiger partial charge on any atom is 0.225 e. The van der Waals surface area contributed by atoms with Crippen molar-refractivity contribution in [1.29, 1.82) is 0 Å². The van der Waals surface area contributed by atoms with Crippen LogP contribution in [0.25, 0.3) is 0 Å². The van der Waals surface area contributed by atoms with Gasteiger partial charge >= 0.3 is 0 Å². The van der Waals surface area contributed by atoms with Crippen molar-refractivity contribution in [3.63, 3.8) is 0 Å². The molecule has 0 radical (unpaired) electrons. The average molecular weight is 256 g/mol. The Labute approximate surface area is 106 Å². The van der Waals surface area contributed by atoms with E-state index in [0.29, 0.717) is 11.2 Å². The summed E-state index contributed by atoms with van der Waals surface area (Å²) in [5, 5.41) is 8.63. The molecule has 0 aromatic carbocycles. The third-order valence-electron chi connectivity index (χ3n) is 3.40. The van der Waals surface area contributed by atoms with Crippen LogP contribution in [-0.2, 0) is 11.3 Å². The molecule has 0 atom stereocenters. The predicted octanol–water partition coefficient (Wildman–Crippen LogP) is 2.63. The van der Waals surface area contributed by atoms with Gasteiger partial charge in [0.15, 0.2) is 0 Å². The van der Waals surface area contributed by atoms with Gasteiger partial charge in [-0.3, -0.25) is 0 Å². The number of rotatable bonds is 7. The minimum atomic E-state index is 0.522. The fraction of sp³-hybridized carbons (Fsp3) is 0.833. The van der Waals surface area contributed by atoms with Gasteiger partial charge in [0.2, 0.25) is 5.28 Å². The van der Waals surface area contributed by atoms with Crippen LogP contribution in [0.15, 0.2) is 0 Å². The molecule has 5 heteroatoms. The monoisotopic (exact) mass is 255 g/mol. The molecule has 2 fully saturated rings. The summed E-state index contributed by atoms with van der Waals surface area (Å²) in [6.07, 6.45) is 6.15. The lowest BCUT2D eigenvalue weighted by Crippen LogP contribution is -2.07. The molecule has 0 N–H and O–H groups in total. The Kier molecular flexibility index (Phi) is 3.34. The minimum absolute atomic E-state index is 0.522. The van der Waals surface area contributed by atoms with Crippen molar-refractivity contribution in [2.24, 2.45) is 5.92 Å². The first-order valence-corrected chi connectivity index (χ1v) is 6.88. The van der Waals surface area contributed by atoms with Crippen LogP contribution in [0.5, 0.6) is 0 Å². The molecule has 0 aliphatic heterocycles. The van der Waals surface area contributed by atoms with Crippen LogP contribution in [0.4, 0.5) is 0 Å². The van der Waals surface area contributed by atoms with E-state index in [1.807, 2.05) is 4.57 Å². The first kappa shape index (κ1) is 11.5. The van der Waals surface area contributed by atoms with Crippen LogP contribution in [-0.4, -0.2) is 28.0 Å². The van der Waals surface area contributed by atoms with Crippen molar-refractivity contribution in [3.05, 3.63) is 11.1 Å². The fourth-order valence-corrected chi connectivity index (χ4v) is 2.21. The lowest BCUT2D eigenvalue weighted by molar-refractivity contribution is 0.119. The molecule has 94 valence electrons. The summed E-state index contributed by atoms with van der Waals surface area (Å²) in [6, 6.07) is 0. The van der Waals surface area contributed by atoms with E-state index in [1.54, 1.807) is 0 Å². The largest absolute Gasteiger partial charge is 0.381 e. The standard InChI is InChI=1S/C12H18ClN3O/c13-12-15-14-11(10-4-5-10)16(12)6-1-7-17-8-9-2-3-9/h9-10H,1-8H2. The Balaban J connectivity index is 1.44. The van der Waals surface area contributed by atoms with Crippen molar-refractivity contribution in [3.8, 4) is 0 Å². The number of ether oxygens (including phenoxy) is 1. The third kappa shape index (κ3) is 2.99. The predicted molar refractivity (Wildman–Crippen MR) is 65.2 cm³/mol. The fourth-order valence-electron chi connectivity index (χ4n) is 2.00. The normalized spacial score (nSPS) is 19.8. The first-order chi connectivity index (χ1) is 8.34. The van der Waals surface area contributed by atoms with E-state index in [2.05, 4.69) is 10.2 Å². The zero-order valence-corrected chi connectivity index (χ0v) is 10.7. The summed E-state index contributed by atoms with van der Waals surface area (Å²) < 4.78 is 7.66. The number of hydrogen-bond donors (Lipinski definition) is 0. The highest BCUT2D eigenvalue weighted by Crippen LogP contribution is 2.39. The molecule has 1 aromatic rings. The van der Waals surface area contributed by atoms with Crippen LogP contribution in [0.2, 0.25) is 5.28 Å². The van der Waals surface area contributed by atoms with Gasteiger partial charge in [-0.2, -0.15) is 0 Å². The van der Waals surface area contributed by atoms with Crippen molar-refractivity contribution in [1.82, 2.24) is 14.8 Å². The number of hydrogen-bond acceptors (Lipinski definition) is 3. The lowest BCUT2D eigenvalue weighted by atomic mass is 10.3. The summed E-state index contributed by atoms with van der Waals surface area (Å²) in [4.78, 5) is 0. The van der Waals surface area contributed by atoms with Crippen molar-refractivity contribution < 1.29 is 4.74 Å². The van der Waals surface area contributed by atoms with Gasteiger partial charge < -0.3 is 9.30 Å². The first-order valence-electron chi connectivity index (χ1n) is 6.51. The molecule has 1 heterocycles. The van der Waals surface area contributed by atoms with Gasteiger partial charge in [-0.1, -0.05) is 0 Å². The average Bonchev–Trinajstić information content (AvgIpc) is 3.21. The van der Waals surface area contributed by atoms with Gasteiger partial charge in [-0.05, 0) is 49.6 Å². The summed E-state index contributed by atoms with van der Waals surface area (Å²) in [5.74, 6) is 2.51. The Morgan fingerprint density at radius 3 is 2.76 bits per heavy atom. The molecule has 4 nitrogen and oxygen atoms in total. The molecule has 3 rings (SSSR count). The molecule has 0 bridgehead atoms. The molecule has 2 aliphatic carbocycles. The molecule has 0 saturated heterocycles.